The Hall–Kier alpha value is -1.42. The van der Waals surface area contributed by atoms with Gasteiger partial charge in [0.25, 0.3) is 0 Å². The van der Waals surface area contributed by atoms with Crippen molar-refractivity contribution in [3.05, 3.63) is 23.8 Å². The van der Waals surface area contributed by atoms with Crippen LogP contribution in [0.1, 0.15) is 24.2 Å². The van der Waals surface area contributed by atoms with Gasteiger partial charge in [0.1, 0.15) is 5.56 Å². The highest BCUT2D eigenvalue weighted by Gasteiger charge is 2.16. The lowest BCUT2D eigenvalue weighted by molar-refractivity contribution is 0.0594. The molecule has 0 unspecified atom stereocenters. The van der Waals surface area contributed by atoms with Gasteiger partial charge in [-0.15, -0.1) is 12.4 Å². The summed E-state index contributed by atoms with van der Waals surface area (Å²) in [6.07, 6.45) is -0.0434. The summed E-state index contributed by atoms with van der Waals surface area (Å²) < 4.78 is 10.1. The van der Waals surface area contributed by atoms with E-state index in [0.717, 1.165) is 0 Å². The highest BCUT2D eigenvalue weighted by atomic mass is 35.5. The van der Waals surface area contributed by atoms with Crippen molar-refractivity contribution in [1.82, 2.24) is 0 Å². The fraction of sp³-hybridized carbons (Fsp3) is 0.364. The van der Waals surface area contributed by atoms with Gasteiger partial charge >= 0.3 is 5.97 Å². The van der Waals surface area contributed by atoms with E-state index in [0.29, 0.717) is 17.0 Å². The number of hydrogen-bond donors (Lipinski definition) is 1. The summed E-state index contributed by atoms with van der Waals surface area (Å²) in [5.74, 6) is -0.0581. The largest absolute Gasteiger partial charge is 0.488 e. The summed E-state index contributed by atoms with van der Waals surface area (Å²) >= 11 is 0. The zero-order valence-electron chi connectivity index (χ0n) is 9.52. The van der Waals surface area contributed by atoms with Gasteiger partial charge in [-0.1, -0.05) is 6.07 Å². The number of carbonyl (C=O) groups is 1. The molecule has 1 aromatic carbocycles. The van der Waals surface area contributed by atoms with Gasteiger partial charge in [-0.2, -0.15) is 0 Å². The van der Waals surface area contributed by atoms with Crippen LogP contribution in [0.5, 0.6) is 5.75 Å². The monoisotopic (exact) mass is 245 g/mol. The lowest BCUT2D eigenvalue weighted by atomic mass is 10.1. The number of nitrogens with two attached hydrogens (primary N) is 1. The second-order valence-electron chi connectivity index (χ2n) is 3.38. The number of nitrogen functional groups attached to an aromatic ring is 1. The van der Waals surface area contributed by atoms with Crippen LogP contribution in [0.4, 0.5) is 5.69 Å². The van der Waals surface area contributed by atoms with Gasteiger partial charge in [0.15, 0.2) is 5.75 Å². The molecule has 0 fully saturated rings. The Labute approximate surface area is 101 Å². The smallest absolute Gasteiger partial charge is 0.341 e. The van der Waals surface area contributed by atoms with E-state index in [9.17, 15) is 4.79 Å². The van der Waals surface area contributed by atoms with Gasteiger partial charge in [0.2, 0.25) is 0 Å². The molecule has 0 aromatic heterocycles. The Bertz CT molecular complexity index is 366. The van der Waals surface area contributed by atoms with Gasteiger partial charge in [-0.3, -0.25) is 0 Å². The summed E-state index contributed by atoms with van der Waals surface area (Å²) in [5, 5.41) is 0. The average molecular weight is 246 g/mol. The summed E-state index contributed by atoms with van der Waals surface area (Å²) in [7, 11) is 1.32. The highest BCUT2D eigenvalue weighted by Crippen LogP contribution is 2.27. The SMILES string of the molecule is COC(=O)c1cccc(N)c1OC(C)C.Cl. The fourth-order valence-electron chi connectivity index (χ4n) is 1.19. The number of rotatable bonds is 3. The molecular formula is C11H16ClNO3. The van der Waals surface area contributed by atoms with E-state index < -0.39 is 5.97 Å². The zero-order chi connectivity index (χ0) is 11.4. The number of methoxy groups -OCH3 is 1. The number of ether oxygens (including phenoxy) is 2. The Morgan fingerprint density at radius 1 is 1.38 bits per heavy atom. The third-order valence-electron chi connectivity index (χ3n) is 1.80. The van der Waals surface area contributed by atoms with Crippen molar-refractivity contribution >= 4 is 24.1 Å². The van der Waals surface area contributed by atoms with Crippen molar-refractivity contribution in [2.45, 2.75) is 20.0 Å². The number of para-hydroxylation sites is 1. The van der Waals surface area contributed by atoms with Gasteiger partial charge < -0.3 is 15.2 Å². The first-order valence-corrected chi connectivity index (χ1v) is 4.69. The van der Waals surface area contributed by atoms with Crippen molar-refractivity contribution in [1.29, 1.82) is 0 Å². The Balaban J connectivity index is 0.00000225. The zero-order valence-corrected chi connectivity index (χ0v) is 10.3. The van der Waals surface area contributed by atoms with Crippen LogP contribution in [0.15, 0.2) is 18.2 Å². The number of hydrogen-bond acceptors (Lipinski definition) is 4. The summed E-state index contributed by atoms with van der Waals surface area (Å²) in [5.41, 5.74) is 6.52. The van der Waals surface area contributed by atoms with Crippen molar-refractivity contribution in [2.24, 2.45) is 0 Å². The molecule has 0 saturated heterocycles. The fourth-order valence-corrected chi connectivity index (χ4v) is 1.19. The van der Waals surface area contributed by atoms with E-state index in [1.54, 1.807) is 18.2 Å². The molecule has 5 heteroatoms. The third-order valence-corrected chi connectivity index (χ3v) is 1.80. The molecule has 0 aliphatic rings. The van der Waals surface area contributed by atoms with E-state index in [4.69, 9.17) is 10.5 Å². The Morgan fingerprint density at radius 2 is 2.00 bits per heavy atom. The average Bonchev–Trinajstić information content (AvgIpc) is 2.19. The van der Waals surface area contributed by atoms with Crippen molar-refractivity contribution in [2.75, 3.05) is 12.8 Å². The van der Waals surface area contributed by atoms with Crippen LogP contribution in [0.2, 0.25) is 0 Å². The van der Waals surface area contributed by atoms with E-state index in [-0.39, 0.29) is 18.5 Å². The lowest BCUT2D eigenvalue weighted by Gasteiger charge is -2.14. The molecule has 0 bridgehead atoms. The quantitative estimate of drug-likeness (QED) is 0.656. The lowest BCUT2D eigenvalue weighted by Crippen LogP contribution is -2.12. The molecule has 1 rings (SSSR count). The summed E-state index contributed by atoms with van der Waals surface area (Å²) in [6, 6.07) is 5.00. The predicted molar refractivity (Wildman–Crippen MR) is 65.2 cm³/mol. The number of esters is 1. The maximum absolute atomic E-state index is 11.4. The number of halogens is 1. The second-order valence-corrected chi connectivity index (χ2v) is 3.38. The first-order valence-electron chi connectivity index (χ1n) is 4.69. The first-order chi connectivity index (χ1) is 7.06. The van der Waals surface area contributed by atoms with Crippen molar-refractivity contribution < 1.29 is 14.3 Å². The maximum atomic E-state index is 11.4. The van der Waals surface area contributed by atoms with Gasteiger partial charge in [0, 0.05) is 0 Å². The van der Waals surface area contributed by atoms with Gasteiger partial charge in [-0.25, -0.2) is 4.79 Å². The van der Waals surface area contributed by atoms with Crippen LogP contribution in [-0.2, 0) is 4.74 Å². The molecule has 2 N–H and O–H groups in total. The Kier molecular flexibility index (Phi) is 5.67. The minimum atomic E-state index is -0.446. The second kappa shape index (κ2) is 6.23. The molecule has 0 atom stereocenters. The number of carbonyl (C=O) groups excluding carboxylic acids is 1. The van der Waals surface area contributed by atoms with Crippen LogP contribution < -0.4 is 10.5 Å². The topological polar surface area (TPSA) is 61.5 Å². The van der Waals surface area contributed by atoms with E-state index in [1.165, 1.54) is 7.11 Å². The number of benzene rings is 1. The normalized spacial score (nSPS) is 9.50. The van der Waals surface area contributed by atoms with Crippen LogP contribution in [0.3, 0.4) is 0 Å². The van der Waals surface area contributed by atoms with E-state index >= 15 is 0 Å². The molecule has 0 aliphatic heterocycles. The molecule has 0 spiro atoms. The van der Waals surface area contributed by atoms with Crippen molar-refractivity contribution in [3.8, 4) is 5.75 Å². The molecule has 0 saturated carbocycles. The van der Waals surface area contributed by atoms with Crippen LogP contribution in [0, 0.1) is 0 Å². The molecule has 0 heterocycles. The predicted octanol–water partition coefficient (Wildman–Crippen LogP) is 2.26. The van der Waals surface area contributed by atoms with E-state index in [1.807, 2.05) is 13.8 Å². The third kappa shape index (κ3) is 3.31. The molecule has 0 radical (unpaired) electrons. The van der Waals surface area contributed by atoms with Crippen LogP contribution in [-0.4, -0.2) is 19.2 Å². The summed E-state index contributed by atoms with van der Waals surface area (Å²) in [4.78, 5) is 11.4. The molecule has 16 heavy (non-hydrogen) atoms. The van der Waals surface area contributed by atoms with Crippen LogP contribution >= 0.6 is 12.4 Å². The minimum Gasteiger partial charge on any atom is -0.488 e. The first kappa shape index (κ1) is 14.6. The molecule has 0 aliphatic carbocycles. The molecule has 90 valence electrons. The molecule has 0 amide bonds. The molecule has 1 aromatic rings. The van der Waals surface area contributed by atoms with E-state index in [2.05, 4.69) is 4.74 Å². The van der Waals surface area contributed by atoms with Crippen LogP contribution in [0.25, 0.3) is 0 Å². The van der Waals surface area contributed by atoms with Gasteiger partial charge in [0.05, 0.1) is 18.9 Å². The molecular weight excluding hydrogens is 230 g/mol. The maximum Gasteiger partial charge on any atom is 0.341 e. The minimum absolute atomic E-state index is 0. The molecule has 4 nitrogen and oxygen atoms in total. The van der Waals surface area contributed by atoms with Crippen molar-refractivity contribution in [3.63, 3.8) is 0 Å². The highest BCUT2D eigenvalue weighted by molar-refractivity contribution is 5.94. The standard InChI is InChI=1S/C11H15NO3.ClH/c1-7(2)15-10-8(11(13)14-3)5-4-6-9(10)12;/h4-7H,12H2,1-3H3;1H. The summed E-state index contributed by atoms with van der Waals surface area (Å²) in [6.45, 7) is 3.74. The number of anilines is 1. The Morgan fingerprint density at radius 3 is 2.50 bits per heavy atom. The van der Waals surface area contributed by atoms with Gasteiger partial charge in [-0.05, 0) is 26.0 Å².